The second-order valence-electron chi connectivity index (χ2n) is 7.49. The van der Waals surface area contributed by atoms with Gasteiger partial charge in [-0.3, -0.25) is 4.99 Å². The lowest BCUT2D eigenvalue weighted by Gasteiger charge is -2.34. The molecule has 4 nitrogen and oxygen atoms in total. The second-order valence-corrected chi connectivity index (χ2v) is 7.49. The summed E-state index contributed by atoms with van der Waals surface area (Å²) in [7, 11) is 0. The first-order valence-electron chi connectivity index (χ1n) is 9.56. The van der Waals surface area contributed by atoms with Gasteiger partial charge < -0.3 is 16.0 Å². The van der Waals surface area contributed by atoms with Crippen LogP contribution >= 0.6 is 24.0 Å². The van der Waals surface area contributed by atoms with E-state index in [9.17, 15) is 0 Å². The molecule has 1 saturated heterocycles. The van der Waals surface area contributed by atoms with Crippen LogP contribution in [0.4, 0.5) is 0 Å². The lowest BCUT2D eigenvalue weighted by atomic mass is 9.95. The fourth-order valence-corrected chi connectivity index (χ4v) is 4.14. The van der Waals surface area contributed by atoms with Gasteiger partial charge >= 0.3 is 0 Å². The van der Waals surface area contributed by atoms with Crippen molar-refractivity contribution in [1.29, 1.82) is 0 Å². The topological polar surface area (TPSA) is 53.6 Å². The van der Waals surface area contributed by atoms with E-state index in [0.717, 1.165) is 25.6 Å². The minimum Gasteiger partial charge on any atom is -0.370 e. The van der Waals surface area contributed by atoms with Crippen molar-refractivity contribution in [2.24, 2.45) is 10.7 Å². The first kappa shape index (κ1) is 20.5. The van der Waals surface area contributed by atoms with Gasteiger partial charge in [-0.1, -0.05) is 43.2 Å². The number of hydrogen-bond donors (Lipinski definition) is 2. The molecule has 3 N–H and O–H groups in total. The molecule has 3 rings (SSSR count). The van der Waals surface area contributed by atoms with Gasteiger partial charge in [-0.05, 0) is 44.6 Å². The first-order chi connectivity index (χ1) is 11.7. The fourth-order valence-electron chi connectivity index (χ4n) is 4.14. The molecule has 1 aromatic carbocycles. The van der Waals surface area contributed by atoms with Crippen LogP contribution in [0, 0.1) is 0 Å². The molecular weight excluding hydrogens is 423 g/mol. The summed E-state index contributed by atoms with van der Waals surface area (Å²) >= 11 is 0. The van der Waals surface area contributed by atoms with Crippen molar-refractivity contribution < 1.29 is 0 Å². The zero-order valence-corrected chi connectivity index (χ0v) is 17.7. The van der Waals surface area contributed by atoms with E-state index >= 15 is 0 Å². The summed E-state index contributed by atoms with van der Waals surface area (Å²) < 4.78 is 0. The van der Waals surface area contributed by atoms with Crippen LogP contribution in [0.5, 0.6) is 0 Å². The van der Waals surface area contributed by atoms with Gasteiger partial charge in [0.1, 0.15) is 0 Å². The van der Waals surface area contributed by atoms with Crippen LogP contribution in [0.1, 0.15) is 63.5 Å². The zero-order valence-electron chi connectivity index (χ0n) is 15.4. The van der Waals surface area contributed by atoms with Crippen LogP contribution in [-0.2, 0) is 0 Å². The predicted octanol–water partition coefficient (Wildman–Crippen LogP) is 4.07. The quantitative estimate of drug-likeness (QED) is 0.399. The summed E-state index contributed by atoms with van der Waals surface area (Å²) in [6.07, 6.45) is 8.77. The highest BCUT2D eigenvalue weighted by atomic mass is 127. The summed E-state index contributed by atoms with van der Waals surface area (Å²) in [6, 6.07) is 11.0. The Bertz CT molecular complexity index is 534. The number of nitrogens with two attached hydrogens (primary N) is 1. The Hall–Kier alpha value is -0.820. The normalized spacial score (nSPS) is 21.6. The maximum atomic E-state index is 6.28. The van der Waals surface area contributed by atoms with Crippen molar-refractivity contribution in [3.05, 3.63) is 35.9 Å². The van der Waals surface area contributed by atoms with Gasteiger partial charge in [0.15, 0.2) is 5.96 Å². The minimum absolute atomic E-state index is 0. The summed E-state index contributed by atoms with van der Waals surface area (Å²) in [4.78, 5) is 7.06. The number of piperidine rings is 1. The third-order valence-electron chi connectivity index (χ3n) is 5.61. The number of hydrogen-bond acceptors (Lipinski definition) is 2. The molecule has 0 amide bonds. The molecule has 5 heteroatoms. The van der Waals surface area contributed by atoms with Gasteiger partial charge in [-0.2, -0.15) is 0 Å². The Labute approximate surface area is 169 Å². The Balaban J connectivity index is 0.00000225. The molecule has 0 aromatic heterocycles. The molecular formula is C20H33IN4. The Morgan fingerprint density at radius 2 is 1.76 bits per heavy atom. The van der Waals surface area contributed by atoms with E-state index in [1.54, 1.807) is 0 Å². The van der Waals surface area contributed by atoms with E-state index in [0.29, 0.717) is 6.04 Å². The van der Waals surface area contributed by atoms with Crippen molar-refractivity contribution in [2.75, 3.05) is 19.6 Å². The predicted molar refractivity (Wildman–Crippen MR) is 117 cm³/mol. The van der Waals surface area contributed by atoms with Crippen molar-refractivity contribution in [1.82, 2.24) is 10.2 Å². The molecule has 0 bridgehead atoms. The van der Waals surface area contributed by atoms with Crippen LogP contribution < -0.4 is 11.1 Å². The molecule has 1 unspecified atom stereocenters. The summed E-state index contributed by atoms with van der Waals surface area (Å²) in [5.41, 5.74) is 7.73. The molecule has 25 heavy (non-hydrogen) atoms. The highest BCUT2D eigenvalue weighted by Gasteiger charge is 2.35. The van der Waals surface area contributed by atoms with Crippen LogP contribution in [0.3, 0.4) is 0 Å². The number of benzene rings is 1. The molecule has 1 aliphatic heterocycles. The van der Waals surface area contributed by atoms with Crippen LogP contribution in [0.15, 0.2) is 35.3 Å². The van der Waals surface area contributed by atoms with E-state index < -0.39 is 0 Å². The third kappa shape index (κ3) is 5.58. The number of likely N-dealkylation sites (tertiary alicyclic amines) is 1. The van der Waals surface area contributed by atoms with Gasteiger partial charge in [0.25, 0.3) is 0 Å². The van der Waals surface area contributed by atoms with Crippen molar-refractivity contribution >= 4 is 29.9 Å². The van der Waals surface area contributed by atoms with Crippen molar-refractivity contribution in [3.8, 4) is 0 Å². The fraction of sp³-hybridized carbons (Fsp3) is 0.650. The number of rotatable bonds is 5. The molecule has 140 valence electrons. The minimum atomic E-state index is 0. The van der Waals surface area contributed by atoms with E-state index in [2.05, 4.69) is 47.5 Å². The number of nitrogens with one attached hydrogen (secondary N) is 1. The lowest BCUT2D eigenvalue weighted by molar-refractivity contribution is 0.302. The first-order valence-corrected chi connectivity index (χ1v) is 9.56. The van der Waals surface area contributed by atoms with E-state index in [1.165, 1.54) is 50.5 Å². The van der Waals surface area contributed by atoms with Gasteiger partial charge in [0, 0.05) is 24.7 Å². The maximum Gasteiger partial charge on any atom is 0.191 e. The number of aliphatic imine (C=N–C) groups is 1. The SMILES string of the molecule is CC(NC1(CN=C(N)N2CCCCC2)CCCC1)c1ccccc1.I. The number of nitrogens with zero attached hydrogens (tertiary/aromatic N) is 2. The summed E-state index contributed by atoms with van der Waals surface area (Å²) in [5.74, 6) is 0.745. The molecule has 2 aliphatic rings. The summed E-state index contributed by atoms with van der Waals surface area (Å²) in [5, 5.41) is 3.89. The molecule has 1 heterocycles. The molecule has 1 saturated carbocycles. The maximum absolute atomic E-state index is 6.28. The van der Waals surface area contributed by atoms with Crippen molar-refractivity contribution in [2.45, 2.75) is 63.5 Å². The van der Waals surface area contributed by atoms with E-state index in [1.807, 2.05) is 0 Å². The molecule has 0 spiro atoms. The van der Waals surface area contributed by atoms with Crippen LogP contribution in [0.2, 0.25) is 0 Å². The van der Waals surface area contributed by atoms with Crippen molar-refractivity contribution in [3.63, 3.8) is 0 Å². The molecule has 1 aromatic rings. The zero-order chi connectivity index (χ0) is 16.8. The molecule has 0 radical (unpaired) electrons. The highest BCUT2D eigenvalue weighted by molar-refractivity contribution is 14.0. The van der Waals surface area contributed by atoms with Crippen LogP contribution in [0.25, 0.3) is 0 Å². The average molecular weight is 456 g/mol. The van der Waals surface area contributed by atoms with Gasteiger partial charge in [0.05, 0.1) is 6.54 Å². The highest BCUT2D eigenvalue weighted by Crippen LogP contribution is 2.32. The standard InChI is InChI=1S/C20H32N4.HI/c1-17(18-10-4-2-5-11-18)23-20(12-6-7-13-20)16-22-19(21)24-14-8-3-9-15-24;/h2,4-5,10-11,17,23H,3,6-9,12-16H2,1H3,(H2,21,22);1H. The van der Waals surface area contributed by atoms with Crippen LogP contribution in [-0.4, -0.2) is 36.0 Å². The average Bonchev–Trinajstić information content (AvgIpc) is 3.10. The van der Waals surface area contributed by atoms with E-state index in [-0.39, 0.29) is 29.5 Å². The Morgan fingerprint density at radius 3 is 2.40 bits per heavy atom. The summed E-state index contributed by atoms with van der Waals surface area (Å²) in [6.45, 7) is 5.19. The van der Waals surface area contributed by atoms with Gasteiger partial charge in [-0.25, -0.2) is 0 Å². The molecule has 1 atom stereocenters. The Morgan fingerprint density at radius 1 is 1.12 bits per heavy atom. The lowest BCUT2D eigenvalue weighted by Crippen LogP contribution is -2.48. The monoisotopic (exact) mass is 456 g/mol. The number of halogens is 1. The van der Waals surface area contributed by atoms with Gasteiger partial charge in [-0.15, -0.1) is 24.0 Å². The largest absolute Gasteiger partial charge is 0.370 e. The number of guanidine groups is 1. The van der Waals surface area contributed by atoms with E-state index in [4.69, 9.17) is 10.7 Å². The van der Waals surface area contributed by atoms with Gasteiger partial charge in [0.2, 0.25) is 0 Å². The third-order valence-corrected chi connectivity index (χ3v) is 5.61. The second kappa shape index (κ2) is 9.76. The molecule has 2 fully saturated rings. The molecule has 1 aliphatic carbocycles. The smallest absolute Gasteiger partial charge is 0.191 e. The Kier molecular flexibility index (Phi) is 8.00.